The third-order valence-electron chi connectivity index (χ3n) is 2.53. The minimum absolute atomic E-state index is 0.307. The summed E-state index contributed by atoms with van der Waals surface area (Å²) in [6, 6.07) is 6.52. The summed E-state index contributed by atoms with van der Waals surface area (Å²) in [5, 5.41) is 0. The molecule has 0 aliphatic rings. The van der Waals surface area contributed by atoms with Crippen LogP contribution in [-0.2, 0) is 24.6 Å². The predicted octanol–water partition coefficient (Wildman–Crippen LogP) is 2.12. The van der Waals surface area contributed by atoms with Crippen LogP contribution in [0, 0.1) is 0 Å². The van der Waals surface area contributed by atoms with Crippen LogP contribution in [0.5, 0.6) is 0 Å². The lowest BCUT2D eigenvalue weighted by atomic mass is 9.91. The first kappa shape index (κ1) is 16.7. The molecule has 0 spiro atoms. The number of hydrogen-bond acceptors (Lipinski definition) is 5. The van der Waals surface area contributed by atoms with Crippen molar-refractivity contribution in [2.24, 2.45) is 5.73 Å². The molecule has 20 heavy (non-hydrogen) atoms. The van der Waals surface area contributed by atoms with Crippen molar-refractivity contribution >= 4 is 27.9 Å². The van der Waals surface area contributed by atoms with Crippen LogP contribution < -0.4 is 5.73 Å². The largest absolute Gasteiger partial charge is 0.467 e. The number of halogens is 1. The van der Waals surface area contributed by atoms with E-state index in [1.54, 1.807) is 45.0 Å². The number of methoxy groups -OCH3 is 1. The van der Waals surface area contributed by atoms with Crippen molar-refractivity contribution in [2.45, 2.75) is 31.9 Å². The van der Waals surface area contributed by atoms with Crippen LogP contribution >= 0.6 is 15.9 Å². The van der Waals surface area contributed by atoms with Gasteiger partial charge >= 0.3 is 11.9 Å². The van der Waals surface area contributed by atoms with Gasteiger partial charge in [-0.25, -0.2) is 9.59 Å². The number of carbonyl (C=O) groups is 2. The SMILES string of the molecule is COC(=O)C(N)(C(=O)OC(C)(C)C)c1ccc(Br)cc1. The van der Waals surface area contributed by atoms with Crippen molar-refractivity contribution in [3.05, 3.63) is 34.3 Å². The Hall–Kier alpha value is -1.40. The number of ether oxygens (including phenoxy) is 2. The van der Waals surface area contributed by atoms with Gasteiger partial charge in [0.05, 0.1) is 7.11 Å². The zero-order valence-electron chi connectivity index (χ0n) is 11.9. The second-order valence-electron chi connectivity index (χ2n) is 5.31. The van der Waals surface area contributed by atoms with Gasteiger partial charge in [0, 0.05) is 4.47 Å². The molecule has 0 saturated carbocycles. The molecule has 0 aliphatic carbocycles. The molecule has 1 aromatic carbocycles. The molecule has 0 heterocycles. The number of benzene rings is 1. The zero-order chi connectivity index (χ0) is 15.6. The summed E-state index contributed by atoms with van der Waals surface area (Å²) in [5.74, 6) is -1.71. The van der Waals surface area contributed by atoms with Gasteiger partial charge in [-0.3, -0.25) is 0 Å². The Kier molecular flexibility index (Phi) is 4.94. The number of esters is 2. The van der Waals surface area contributed by atoms with Crippen LogP contribution in [-0.4, -0.2) is 24.6 Å². The maximum absolute atomic E-state index is 12.3. The molecule has 1 aromatic rings. The molecule has 1 rings (SSSR count). The van der Waals surface area contributed by atoms with E-state index in [-0.39, 0.29) is 0 Å². The number of hydrogen-bond donors (Lipinski definition) is 1. The molecule has 1 unspecified atom stereocenters. The van der Waals surface area contributed by atoms with Crippen molar-refractivity contribution in [3.8, 4) is 0 Å². The molecular weight excluding hydrogens is 326 g/mol. The summed E-state index contributed by atoms with van der Waals surface area (Å²) >= 11 is 3.28. The van der Waals surface area contributed by atoms with Gasteiger partial charge in [0.15, 0.2) is 0 Å². The van der Waals surface area contributed by atoms with E-state index in [2.05, 4.69) is 20.7 Å². The van der Waals surface area contributed by atoms with E-state index in [1.807, 2.05) is 0 Å². The van der Waals surface area contributed by atoms with Gasteiger partial charge in [-0.1, -0.05) is 28.1 Å². The van der Waals surface area contributed by atoms with Crippen LogP contribution in [0.2, 0.25) is 0 Å². The fraction of sp³-hybridized carbons (Fsp3) is 0.429. The minimum Gasteiger partial charge on any atom is -0.467 e. The molecule has 0 aromatic heterocycles. The average Bonchev–Trinajstić information content (AvgIpc) is 2.35. The smallest absolute Gasteiger partial charge is 0.343 e. The van der Waals surface area contributed by atoms with Crippen molar-refractivity contribution in [3.63, 3.8) is 0 Å². The van der Waals surface area contributed by atoms with Gasteiger partial charge in [-0.2, -0.15) is 0 Å². The quantitative estimate of drug-likeness (QED) is 0.671. The van der Waals surface area contributed by atoms with E-state index in [1.165, 1.54) is 7.11 Å². The van der Waals surface area contributed by atoms with E-state index in [0.29, 0.717) is 5.56 Å². The van der Waals surface area contributed by atoms with Crippen molar-refractivity contribution in [2.75, 3.05) is 7.11 Å². The van der Waals surface area contributed by atoms with E-state index < -0.39 is 23.1 Å². The summed E-state index contributed by atoms with van der Waals surface area (Å²) in [7, 11) is 1.17. The van der Waals surface area contributed by atoms with Crippen LogP contribution in [0.25, 0.3) is 0 Å². The number of carbonyl (C=O) groups excluding carboxylic acids is 2. The number of nitrogens with two attached hydrogens (primary N) is 1. The van der Waals surface area contributed by atoms with E-state index in [0.717, 1.165) is 4.47 Å². The third-order valence-corrected chi connectivity index (χ3v) is 3.06. The Labute approximate surface area is 126 Å². The first-order valence-corrected chi connectivity index (χ1v) is 6.77. The van der Waals surface area contributed by atoms with Crippen molar-refractivity contribution < 1.29 is 19.1 Å². The zero-order valence-corrected chi connectivity index (χ0v) is 13.5. The lowest BCUT2D eigenvalue weighted by Crippen LogP contribution is -2.54. The maximum atomic E-state index is 12.3. The second-order valence-corrected chi connectivity index (χ2v) is 6.22. The number of rotatable bonds is 3. The fourth-order valence-corrected chi connectivity index (χ4v) is 1.82. The molecule has 0 saturated heterocycles. The summed E-state index contributed by atoms with van der Waals surface area (Å²) in [5.41, 5.74) is 3.57. The molecule has 6 heteroatoms. The van der Waals surface area contributed by atoms with E-state index in [9.17, 15) is 9.59 Å². The monoisotopic (exact) mass is 343 g/mol. The molecule has 110 valence electrons. The maximum Gasteiger partial charge on any atom is 0.343 e. The molecule has 0 radical (unpaired) electrons. The average molecular weight is 344 g/mol. The van der Waals surface area contributed by atoms with Gasteiger partial charge in [0.25, 0.3) is 0 Å². The Morgan fingerprint density at radius 3 is 2.00 bits per heavy atom. The minimum atomic E-state index is -1.98. The summed E-state index contributed by atoms with van der Waals surface area (Å²) in [4.78, 5) is 24.3. The van der Waals surface area contributed by atoms with Gasteiger partial charge < -0.3 is 15.2 Å². The normalized spacial score (nSPS) is 14.3. The molecule has 0 bridgehead atoms. The van der Waals surface area contributed by atoms with Crippen molar-refractivity contribution in [1.29, 1.82) is 0 Å². The third kappa shape index (κ3) is 3.58. The molecule has 0 fully saturated rings. The highest BCUT2D eigenvalue weighted by Gasteiger charge is 2.48. The lowest BCUT2D eigenvalue weighted by molar-refractivity contribution is -0.171. The van der Waals surface area contributed by atoms with Crippen molar-refractivity contribution in [1.82, 2.24) is 0 Å². The van der Waals surface area contributed by atoms with Crippen LogP contribution in [0.4, 0.5) is 0 Å². The Bertz CT molecular complexity index is 507. The van der Waals surface area contributed by atoms with E-state index >= 15 is 0 Å². The van der Waals surface area contributed by atoms with E-state index in [4.69, 9.17) is 10.5 Å². The highest BCUT2D eigenvalue weighted by molar-refractivity contribution is 9.10. The Balaban J connectivity index is 3.26. The fourth-order valence-electron chi connectivity index (χ4n) is 1.55. The van der Waals surface area contributed by atoms with Crippen LogP contribution in [0.15, 0.2) is 28.7 Å². The first-order chi connectivity index (χ1) is 9.11. The molecule has 0 amide bonds. The van der Waals surface area contributed by atoms with Gasteiger partial charge in [0.2, 0.25) is 5.54 Å². The predicted molar refractivity (Wildman–Crippen MR) is 77.9 cm³/mol. The summed E-state index contributed by atoms with van der Waals surface area (Å²) < 4.78 is 10.7. The summed E-state index contributed by atoms with van der Waals surface area (Å²) in [6.07, 6.45) is 0. The summed E-state index contributed by atoms with van der Waals surface area (Å²) in [6.45, 7) is 5.10. The molecule has 5 nitrogen and oxygen atoms in total. The highest BCUT2D eigenvalue weighted by Crippen LogP contribution is 2.26. The van der Waals surface area contributed by atoms with Crippen LogP contribution in [0.1, 0.15) is 26.3 Å². The molecule has 0 aliphatic heterocycles. The molecule has 2 N–H and O–H groups in total. The Morgan fingerprint density at radius 2 is 1.60 bits per heavy atom. The standard InChI is InChI=1S/C14H18BrNO4/c1-13(2,3)20-12(18)14(16,11(17)19-4)9-5-7-10(15)8-6-9/h5-8H,16H2,1-4H3. The second kappa shape index (κ2) is 5.93. The lowest BCUT2D eigenvalue weighted by Gasteiger charge is -2.29. The topological polar surface area (TPSA) is 78.6 Å². The van der Waals surface area contributed by atoms with Gasteiger partial charge in [-0.05, 0) is 38.5 Å². The van der Waals surface area contributed by atoms with Crippen LogP contribution in [0.3, 0.4) is 0 Å². The molecule has 1 atom stereocenters. The molecular formula is C14H18BrNO4. The van der Waals surface area contributed by atoms with Gasteiger partial charge in [-0.15, -0.1) is 0 Å². The first-order valence-electron chi connectivity index (χ1n) is 5.98. The highest BCUT2D eigenvalue weighted by atomic mass is 79.9. The van der Waals surface area contributed by atoms with Gasteiger partial charge in [0.1, 0.15) is 5.60 Å². The Morgan fingerprint density at radius 1 is 1.10 bits per heavy atom.